The average Bonchev–Trinajstić information content (AvgIpc) is 2.30. The molecule has 80 valence electrons. The van der Waals surface area contributed by atoms with Crippen LogP contribution in [0.25, 0.3) is 11.1 Å². The largest absolute Gasteiger partial charge is 0.497 e. The van der Waals surface area contributed by atoms with E-state index in [0.29, 0.717) is 0 Å². The van der Waals surface area contributed by atoms with Gasteiger partial charge in [0.2, 0.25) is 0 Å². The molecule has 2 heteroatoms. The van der Waals surface area contributed by atoms with Crippen molar-refractivity contribution in [2.24, 2.45) is 0 Å². The normalized spacial score (nSPS) is 9.13. The van der Waals surface area contributed by atoms with Crippen molar-refractivity contribution in [2.75, 3.05) is 7.11 Å². The van der Waals surface area contributed by atoms with Crippen LogP contribution in [-0.4, -0.2) is 7.11 Å². The fourth-order valence-corrected chi connectivity index (χ4v) is 1.34. The quantitative estimate of drug-likeness (QED) is 0.609. The van der Waals surface area contributed by atoms with E-state index in [1.807, 2.05) is 48.5 Å². The molecule has 0 bridgehead atoms. The van der Waals surface area contributed by atoms with E-state index in [4.69, 9.17) is 4.74 Å². The minimum absolute atomic E-state index is 0. The molecule has 0 spiro atoms. The van der Waals surface area contributed by atoms with Gasteiger partial charge in [-0.25, -0.2) is 0 Å². The maximum Gasteiger partial charge on any atom is 0.117 e. The molecule has 0 radical (unpaired) electrons. The SMILES string of the molecule is COc1ccc(-c2[c-]cccc2)cc1.[Pd]. The minimum atomic E-state index is 0. The zero-order chi connectivity index (χ0) is 9.80. The molecule has 0 amide bonds. The Balaban J connectivity index is 0.00000112. The summed E-state index contributed by atoms with van der Waals surface area (Å²) in [7, 11) is 1.67. The summed E-state index contributed by atoms with van der Waals surface area (Å²) in [6.45, 7) is 0. The molecule has 0 fully saturated rings. The first-order chi connectivity index (χ1) is 6.90. The summed E-state index contributed by atoms with van der Waals surface area (Å²) >= 11 is 0. The maximum atomic E-state index is 5.09. The van der Waals surface area contributed by atoms with Crippen LogP contribution in [0.2, 0.25) is 0 Å². The van der Waals surface area contributed by atoms with Crippen LogP contribution in [0, 0.1) is 6.07 Å². The molecule has 0 aromatic heterocycles. The maximum absolute atomic E-state index is 5.09. The number of ether oxygens (including phenoxy) is 1. The summed E-state index contributed by atoms with van der Waals surface area (Å²) in [6.07, 6.45) is 0. The van der Waals surface area contributed by atoms with Crippen LogP contribution < -0.4 is 4.74 Å². The Hall–Kier alpha value is -1.10. The second-order valence-corrected chi connectivity index (χ2v) is 3.00. The summed E-state index contributed by atoms with van der Waals surface area (Å²) in [5.74, 6) is 0.879. The second-order valence-electron chi connectivity index (χ2n) is 3.00. The number of benzene rings is 2. The molecule has 0 saturated carbocycles. The van der Waals surface area contributed by atoms with Gasteiger partial charge in [0.1, 0.15) is 5.75 Å². The molecule has 0 atom stereocenters. The van der Waals surface area contributed by atoms with Gasteiger partial charge in [0, 0.05) is 20.4 Å². The zero-order valence-electron chi connectivity index (χ0n) is 8.34. The van der Waals surface area contributed by atoms with E-state index in [0.717, 1.165) is 16.9 Å². The average molecular weight is 290 g/mol. The van der Waals surface area contributed by atoms with E-state index < -0.39 is 0 Å². The molecule has 1 nitrogen and oxygen atoms in total. The Morgan fingerprint density at radius 1 is 1.00 bits per heavy atom. The van der Waals surface area contributed by atoms with Gasteiger partial charge in [-0.2, -0.15) is 0 Å². The summed E-state index contributed by atoms with van der Waals surface area (Å²) in [4.78, 5) is 0. The van der Waals surface area contributed by atoms with Crippen molar-refractivity contribution in [3.8, 4) is 16.9 Å². The van der Waals surface area contributed by atoms with Crippen LogP contribution in [0.1, 0.15) is 0 Å². The third kappa shape index (κ3) is 2.92. The molecule has 0 aliphatic carbocycles. The van der Waals surface area contributed by atoms with Gasteiger partial charge in [-0.1, -0.05) is 17.7 Å². The van der Waals surface area contributed by atoms with E-state index >= 15 is 0 Å². The summed E-state index contributed by atoms with van der Waals surface area (Å²) in [5, 5.41) is 0. The van der Waals surface area contributed by atoms with E-state index in [-0.39, 0.29) is 20.4 Å². The van der Waals surface area contributed by atoms with Crippen LogP contribution in [-0.2, 0) is 20.4 Å². The van der Waals surface area contributed by atoms with Crippen molar-refractivity contribution < 1.29 is 25.2 Å². The fourth-order valence-electron chi connectivity index (χ4n) is 1.34. The van der Waals surface area contributed by atoms with E-state index in [2.05, 4.69) is 6.07 Å². The predicted octanol–water partition coefficient (Wildman–Crippen LogP) is 3.16. The molecule has 2 aromatic rings. The van der Waals surface area contributed by atoms with Crippen molar-refractivity contribution in [2.45, 2.75) is 0 Å². The Bertz CT molecular complexity index is 395. The van der Waals surface area contributed by atoms with Gasteiger partial charge in [-0.15, -0.1) is 35.9 Å². The molecular formula is C13H11OPd-. The van der Waals surface area contributed by atoms with Crippen molar-refractivity contribution in [3.05, 3.63) is 54.6 Å². The van der Waals surface area contributed by atoms with Crippen molar-refractivity contribution in [3.63, 3.8) is 0 Å². The number of hydrogen-bond donors (Lipinski definition) is 0. The van der Waals surface area contributed by atoms with Crippen LogP contribution in [0.5, 0.6) is 5.75 Å². The smallest absolute Gasteiger partial charge is 0.117 e. The van der Waals surface area contributed by atoms with Gasteiger partial charge in [0.05, 0.1) is 7.11 Å². The molecule has 2 rings (SSSR count). The first-order valence-corrected chi connectivity index (χ1v) is 4.51. The van der Waals surface area contributed by atoms with Crippen molar-refractivity contribution in [1.29, 1.82) is 0 Å². The topological polar surface area (TPSA) is 9.23 Å². The van der Waals surface area contributed by atoms with Crippen LogP contribution >= 0.6 is 0 Å². The van der Waals surface area contributed by atoms with Crippen molar-refractivity contribution >= 4 is 0 Å². The Morgan fingerprint density at radius 2 is 1.73 bits per heavy atom. The van der Waals surface area contributed by atoms with Crippen LogP contribution in [0.15, 0.2) is 48.5 Å². The van der Waals surface area contributed by atoms with Crippen LogP contribution in [0.4, 0.5) is 0 Å². The predicted molar refractivity (Wildman–Crippen MR) is 57.3 cm³/mol. The summed E-state index contributed by atoms with van der Waals surface area (Å²) in [6, 6.07) is 19.1. The Kier molecular flexibility index (Phi) is 4.55. The van der Waals surface area contributed by atoms with Gasteiger partial charge in [-0.05, 0) is 12.1 Å². The number of methoxy groups -OCH3 is 1. The van der Waals surface area contributed by atoms with Crippen molar-refractivity contribution in [1.82, 2.24) is 0 Å². The monoisotopic (exact) mass is 289 g/mol. The summed E-state index contributed by atoms with van der Waals surface area (Å²) in [5.41, 5.74) is 2.27. The molecule has 0 N–H and O–H groups in total. The first-order valence-electron chi connectivity index (χ1n) is 4.51. The molecule has 2 aromatic carbocycles. The van der Waals surface area contributed by atoms with Gasteiger partial charge in [0.15, 0.2) is 0 Å². The van der Waals surface area contributed by atoms with Crippen LogP contribution in [0.3, 0.4) is 0 Å². The molecule has 0 unspecified atom stereocenters. The molecule has 0 aliphatic heterocycles. The molecule has 15 heavy (non-hydrogen) atoms. The number of hydrogen-bond acceptors (Lipinski definition) is 1. The standard InChI is InChI=1S/C13H11O.Pd/c1-14-13-9-7-12(8-10-13)11-5-3-2-4-6-11;/h2-5,7-10H,1H3;/q-1;. The Labute approximate surface area is 104 Å². The molecular weight excluding hydrogens is 279 g/mol. The van der Waals surface area contributed by atoms with E-state index in [1.54, 1.807) is 7.11 Å². The van der Waals surface area contributed by atoms with Gasteiger partial charge < -0.3 is 4.74 Å². The van der Waals surface area contributed by atoms with Gasteiger partial charge in [-0.3, -0.25) is 0 Å². The first kappa shape index (κ1) is 12.0. The summed E-state index contributed by atoms with van der Waals surface area (Å²) < 4.78 is 5.09. The second kappa shape index (κ2) is 5.70. The molecule has 0 aliphatic rings. The number of rotatable bonds is 2. The molecule has 0 heterocycles. The van der Waals surface area contributed by atoms with E-state index in [1.165, 1.54) is 0 Å². The van der Waals surface area contributed by atoms with Gasteiger partial charge in [0.25, 0.3) is 0 Å². The third-order valence-electron chi connectivity index (χ3n) is 2.11. The van der Waals surface area contributed by atoms with E-state index in [9.17, 15) is 0 Å². The minimum Gasteiger partial charge on any atom is -0.497 e. The third-order valence-corrected chi connectivity index (χ3v) is 2.11. The molecule has 0 saturated heterocycles. The fraction of sp³-hybridized carbons (Fsp3) is 0.0769. The zero-order valence-corrected chi connectivity index (χ0v) is 9.90. The van der Waals surface area contributed by atoms with Gasteiger partial charge >= 0.3 is 0 Å². The Morgan fingerprint density at radius 3 is 2.27 bits per heavy atom.